The Hall–Kier alpha value is -2.28. The Morgan fingerprint density at radius 3 is 2.59 bits per heavy atom. The van der Waals surface area contributed by atoms with E-state index in [4.69, 9.17) is 14.2 Å². The van der Waals surface area contributed by atoms with Gasteiger partial charge in [0.15, 0.2) is 11.5 Å². The van der Waals surface area contributed by atoms with Gasteiger partial charge in [-0.15, -0.1) is 0 Å². The molecule has 0 spiro atoms. The van der Waals surface area contributed by atoms with Crippen LogP contribution in [0.5, 0.6) is 11.5 Å². The molecule has 2 saturated heterocycles. The molecular formula is C15H15NO6. The number of rotatable bonds is 3. The Bertz CT molecular complexity index is 645. The average molecular weight is 305 g/mol. The van der Waals surface area contributed by atoms with Gasteiger partial charge in [0.25, 0.3) is 0 Å². The number of benzene rings is 1. The topological polar surface area (TPSA) is 94.1 Å². The highest BCUT2D eigenvalue weighted by Gasteiger charge is 2.55. The van der Waals surface area contributed by atoms with Crippen molar-refractivity contribution in [3.63, 3.8) is 0 Å². The normalized spacial score (nSPS) is 31.3. The van der Waals surface area contributed by atoms with Gasteiger partial charge in [-0.05, 0) is 25.0 Å². The minimum atomic E-state index is -0.974. The van der Waals surface area contributed by atoms with Crippen LogP contribution in [0.2, 0.25) is 0 Å². The predicted octanol–water partition coefficient (Wildman–Crippen LogP) is 1.23. The Kier molecular flexibility index (Phi) is 2.97. The highest BCUT2D eigenvalue weighted by atomic mass is 16.7. The van der Waals surface area contributed by atoms with Crippen molar-refractivity contribution in [2.24, 2.45) is 11.8 Å². The van der Waals surface area contributed by atoms with Crippen LogP contribution in [-0.2, 0) is 14.3 Å². The fraction of sp³-hybridized carbons (Fsp3) is 0.467. The minimum Gasteiger partial charge on any atom is -0.481 e. The summed E-state index contributed by atoms with van der Waals surface area (Å²) in [6.45, 7) is 0.161. The number of nitrogens with one attached hydrogen (secondary N) is 1. The van der Waals surface area contributed by atoms with E-state index in [0.29, 0.717) is 23.6 Å². The second kappa shape index (κ2) is 4.88. The molecule has 0 unspecified atom stereocenters. The number of hydrogen-bond acceptors (Lipinski definition) is 5. The van der Waals surface area contributed by atoms with Crippen LogP contribution in [0.3, 0.4) is 0 Å². The maximum absolute atomic E-state index is 12.5. The Balaban J connectivity index is 1.53. The van der Waals surface area contributed by atoms with Crippen molar-refractivity contribution in [3.8, 4) is 11.5 Å². The standard InChI is InChI=1S/C15H15NO6/c17-14(12-9-3-4-10(22-9)13(12)15(18)19)16-7-1-2-8-11(5-7)21-6-20-8/h1-2,5,9-10,12-13H,3-4,6H2,(H,16,17)(H,18,19)/t9-,10-,12-,13-/m0/s1. The lowest BCUT2D eigenvalue weighted by molar-refractivity contribution is -0.147. The molecule has 1 aromatic carbocycles. The zero-order chi connectivity index (χ0) is 15.3. The summed E-state index contributed by atoms with van der Waals surface area (Å²) in [6, 6.07) is 5.09. The monoisotopic (exact) mass is 305 g/mol. The summed E-state index contributed by atoms with van der Waals surface area (Å²) in [5.74, 6) is -1.52. The minimum absolute atomic E-state index is 0.161. The van der Waals surface area contributed by atoms with Crippen molar-refractivity contribution in [1.82, 2.24) is 0 Å². The van der Waals surface area contributed by atoms with E-state index in [9.17, 15) is 14.7 Å². The first-order chi connectivity index (χ1) is 10.6. The summed E-state index contributed by atoms with van der Waals surface area (Å²) in [5.41, 5.74) is 0.557. The molecule has 0 aromatic heterocycles. The van der Waals surface area contributed by atoms with E-state index in [1.54, 1.807) is 18.2 Å². The van der Waals surface area contributed by atoms with Crippen LogP contribution in [-0.4, -0.2) is 36.0 Å². The summed E-state index contributed by atoms with van der Waals surface area (Å²) in [7, 11) is 0. The summed E-state index contributed by atoms with van der Waals surface area (Å²) in [4.78, 5) is 23.9. The van der Waals surface area contributed by atoms with Crippen LogP contribution in [0.25, 0.3) is 0 Å². The number of hydrogen-bond donors (Lipinski definition) is 2. The summed E-state index contributed by atoms with van der Waals surface area (Å²) < 4.78 is 16.1. The third-order valence-electron chi connectivity index (χ3n) is 4.50. The van der Waals surface area contributed by atoms with Crippen LogP contribution in [0.1, 0.15) is 12.8 Å². The smallest absolute Gasteiger partial charge is 0.310 e. The SMILES string of the molecule is O=C(O)[C@@H]1[C@@H](C(=O)Nc2ccc3c(c2)OCO3)[C@@H]2CC[C@@H]1O2. The summed E-state index contributed by atoms with van der Waals surface area (Å²) >= 11 is 0. The number of fused-ring (bicyclic) bond motifs is 3. The second-order valence-corrected chi connectivity index (χ2v) is 5.74. The third-order valence-corrected chi connectivity index (χ3v) is 4.50. The number of carboxylic acid groups (broad SMARTS) is 1. The molecule has 2 bridgehead atoms. The lowest BCUT2D eigenvalue weighted by Crippen LogP contribution is -2.40. The van der Waals surface area contributed by atoms with Crippen molar-refractivity contribution in [3.05, 3.63) is 18.2 Å². The molecular weight excluding hydrogens is 290 g/mol. The summed E-state index contributed by atoms with van der Waals surface area (Å²) in [6.07, 6.45) is 0.776. The number of aliphatic carboxylic acids is 1. The maximum Gasteiger partial charge on any atom is 0.310 e. The average Bonchev–Trinajstić information content (AvgIpc) is 3.20. The molecule has 3 heterocycles. The van der Waals surface area contributed by atoms with Crippen LogP contribution in [0.4, 0.5) is 5.69 Å². The molecule has 4 atom stereocenters. The second-order valence-electron chi connectivity index (χ2n) is 5.74. The van der Waals surface area contributed by atoms with E-state index < -0.39 is 17.8 Å². The molecule has 3 aliphatic heterocycles. The third kappa shape index (κ3) is 2.00. The summed E-state index contributed by atoms with van der Waals surface area (Å²) in [5, 5.41) is 12.1. The van der Waals surface area contributed by atoms with Gasteiger partial charge in [-0.2, -0.15) is 0 Å². The molecule has 0 aliphatic carbocycles. The van der Waals surface area contributed by atoms with Gasteiger partial charge >= 0.3 is 5.97 Å². The van der Waals surface area contributed by atoms with Crippen LogP contribution in [0, 0.1) is 11.8 Å². The molecule has 7 heteroatoms. The largest absolute Gasteiger partial charge is 0.481 e. The molecule has 2 N–H and O–H groups in total. The first kappa shape index (κ1) is 13.4. The van der Waals surface area contributed by atoms with Crippen LogP contribution in [0.15, 0.2) is 18.2 Å². The van der Waals surface area contributed by atoms with Crippen molar-refractivity contribution in [1.29, 1.82) is 0 Å². The highest BCUT2D eigenvalue weighted by Crippen LogP contribution is 2.44. The maximum atomic E-state index is 12.5. The van der Waals surface area contributed by atoms with E-state index in [1.165, 1.54) is 0 Å². The predicted molar refractivity (Wildman–Crippen MR) is 73.7 cm³/mol. The number of carbonyl (C=O) groups excluding carboxylic acids is 1. The zero-order valence-electron chi connectivity index (χ0n) is 11.7. The van der Waals surface area contributed by atoms with Gasteiger partial charge in [0.2, 0.25) is 12.7 Å². The molecule has 1 aromatic rings. The first-order valence-corrected chi connectivity index (χ1v) is 7.22. The first-order valence-electron chi connectivity index (χ1n) is 7.22. The lowest BCUT2D eigenvalue weighted by Gasteiger charge is -2.23. The van der Waals surface area contributed by atoms with Gasteiger partial charge < -0.3 is 24.6 Å². The lowest BCUT2D eigenvalue weighted by atomic mass is 9.78. The molecule has 3 aliphatic rings. The van der Waals surface area contributed by atoms with E-state index in [1.807, 2.05) is 0 Å². The molecule has 1 amide bonds. The molecule has 0 saturated carbocycles. The molecule has 2 fully saturated rings. The van der Waals surface area contributed by atoms with Gasteiger partial charge in [-0.1, -0.05) is 0 Å². The van der Waals surface area contributed by atoms with Crippen LogP contribution < -0.4 is 14.8 Å². The Labute approximate surface area is 126 Å². The van der Waals surface area contributed by atoms with Crippen molar-refractivity contribution < 1.29 is 28.9 Å². The van der Waals surface area contributed by atoms with E-state index >= 15 is 0 Å². The van der Waals surface area contributed by atoms with Crippen molar-refractivity contribution in [2.75, 3.05) is 12.1 Å². The number of amides is 1. The number of anilines is 1. The van der Waals surface area contributed by atoms with Gasteiger partial charge in [-0.25, -0.2) is 0 Å². The Morgan fingerprint density at radius 1 is 1.09 bits per heavy atom. The Morgan fingerprint density at radius 2 is 1.82 bits per heavy atom. The number of carboxylic acids is 1. The molecule has 7 nitrogen and oxygen atoms in total. The quantitative estimate of drug-likeness (QED) is 0.872. The van der Waals surface area contributed by atoms with Crippen molar-refractivity contribution >= 4 is 17.6 Å². The van der Waals surface area contributed by atoms with Gasteiger partial charge in [0.05, 0.1) is 24.0 Å². The zero-order valence-corrected chi connectivity index (χ0v) is 11.7. The number of carbonyl (C=O) groups is 2. The van der Waals surface area contributed by atoms with Gasteiger partial charge in [0, 0.05) is 11.8 Å². The van der Waals surface area contributed by atoms with E-state index in [2.05, 4.69) is 5.32 Å². The molecule has 116 valence electrons. The molecule has 0 radical (unpaired) electrons. The molecule has 22 heavy (non-hydrogen) atoms. The van der Waals surface area contributed by atoms with Crippen molar-refractivity contribution in [2.45, 2.75) is 25.0 Å². The fourth-order valence-electron chi connectivity index (χ4n) is 3.52. The number of ether oxygens (including phenoxy) is 3. The van der Waals surface area contributed by atoms with Crippen LogP contribution >= 0.6 is 0 Å². The fourth-order valence-corrected chi connectivity index (χ4v) is 3.52. The van der Waals surface area contributed by atoms with E-state index in [0.717, 1.165) is 6.42 Å². The van der Waals surface area contributed by atoms with E-state index in [-0.39, 0.29) is 24.9 Å². The highest BCUT2D eigenvalue weighted by molar-refractivity contribution is 5.96. The van der Waals surface area contributed by atoms with Gasteiger partial charge in [0.1, 0.15) is 0 Å². The van der Waals surface area contributed by atoms with Gasteiger partial charge in [-0.3, -0.25) is 9.59 Å². The molecule has 4 rings (SSSR count).